The van der Waals surface area contributed by atoms with Crippen LogP contribution in [0.25, 0.3) is 22.4 Å². The summed E-state index contributed by atoms with van der Waals surface area (Å²) in [4.78, 5) is 0. The Morgan fingerprint density at radius 2 is 1.76 bits per heavy atom. The van der Waals surface area contributed by atoms with Crippen LogP contribution >= 0.6 is 22.6 Å². The number of halogens is 3. The highest BCUT2D eigenvalue weighted by Crippen LogP contribution is 2.37. The summed E-state index contributed by atoms with van der Waals surface area (Å²) in [6, 6.07) is 10.8. The van der Waals surface area contributed by atoms with E-state index in [4.69, 9.17) is 10.3 Å². The molecule has 21 heavy (non-hydrogen) atoms. The Morgan fingerprint density at radius 3 is 2.43 bits per heavy atom. The zero-order chi connectivity index (χ0) is 15.0. The number of hydrogen-bond donors (Lipinski definition) is 1. The van der Waals surface area contributed by atoms with E-state index < -0.39 is 11.6 Å². The third kappa shape index (κ3) is 2.63. The molecule has 3 nitrogen and oxygen atoms in total. The van der Waals surface area contributed by atoms with Gasteiger partial charge in [0.15, 0.2) is 0 Å². The van der Waals surface area contributed by atoms with E-state index >= 15 is 0 Å². The smallest absolute Gasteiger partial charge is 0.230 e. The highest BCUT2D eigenvalue weighted by atomic mass is 127. The Kier molecular flexibility index (Phi) is 3.62. The molecule has 1 aromatic heterocycles. The summed E-state index contributed by atoms with van der Waals surface area (Å²) < 4.78 is 33.1. The largest absolute Gasteiger partial charge is 0.367 e. The van der Waals surface area contributed by atoms with Crippen molar-refractivity contribution in [3.63, 3.8) is 0 Å². The highest BCUT2D eigenvalue weighted by molar-refractivity contribution is 14.1. The fourth-order valence-electron chi connectivity index (χ4n) is 2.06. The van der Waals surface area contributed by atoms with Gasteiger partial charge in [-0.2, -0.15) is 0 Å². The second kappa shape index (κ2) is 5.44. The number of nitrogen functional groups attached to an aromatic ring is 1. The summed E-state index contributed by atoms with van der Waals surface area (Å²) in [5, 5.41) is 3.89. The second-order valence-electron chi connectivity index (χ2n) is 4.40. The standard InChI is InChI=1S/C15H9F2IN2O/c16-9-3-6-11(12(17)7-9)13-14(20-21-15(13)19)8-1-4-10(18)5-2-8/h1-7H,19H2. The van der Waals surface area contributed by atoms with Gasteiger partial charge >= 0.3 is 0 Å². The summed E-state index contributed by atoms with van der Waals surface area (Å²) in [6.45, 7) is 0. The van der Waals surface area contributed by atoms with Crippen molar-refractivity contribution < 1.29 is 13.3 Å². The molecule has 0 aliphatic heterocycles. The van der Waals surface area contributed by atoms with E-state index in [-0.39, 0.29) is 11.4 Å². The van der Waals surface area contributed by atoms with Crippen molar-refractivity contribution >= 4 is 28.5 Å². The summed E-state index contributed by atoms with van der Waals surface area (Å²) in [6.07, 6.45) is 0. The third-order valence-corrected chi connectivity index (χ3v) is 3.76. The van der Waals surface area contributed by atoms with Gasteiger partial charge in [-0.1, -0.05) is 17.3 Å². The second-order valence-corrected chi connectivity index (χ2v) is 5.65. The quantitative estimate of drug-likeness (QED) is 0.648. The number of rotatable bonds is 2. The highest BCUT2D eigenvalue weighted by Gasteiger charge is 2.20. The van der Waals surface area contributed by atoms with Gasteiger partial charge in [-0.05, 0) is 46.9 Å². The molecule has 106 valence electrons. The molecule has 0 fully saturated rings. The molecular weight excluding hydrogens is 389 g/mol. The van der Waals surface area contributed by atoms with Crippen molar-refractivity contribution in [2.24, 2.45) is 0 Å². The summed E-state index contributed by atoms with van der Waals surface area (Å²) >= 11 is 2.18. The minimum absolute atomic E-state index is 0.00550. The predicted molar refractivity (Wildman–Crippen MR) is 84.4 cm³/mol. The molecule has 0 bridgehead atoms. The van der Waals surface area contributed by atoms with E-state index in [0.29, 0.717) is 11.3 Å². The van der Waals surface area contributed by atoms with Gasteiger partial charge < -0.3 is 10.3 Å². The summed E-state index contributed by atoms with van der Waals surface area (Å²) in [5.74, 6) is -1.37. The Morgan fingerprint density at radius 1 is 1.05 bits per heavy atom. The Hall–Kier alpha value is -1.96. The lowest BCUT2D eigenvalue weighted by Gasteiger charge is -2.04. The summed E-state index contributed by atoms with van der Waals surface area (Å²) in [7, 11) is 0. The third-order valence-electron chi connectivity index (χ3n) is 3.04. The van der Waals surface area contributed by atoms with Crippen molar-refractivity contribution in [3.05, 3.63) is 57.7 Å². The van der Waals surface area contributed by atoms with E-state index in [2.05, 4.69) is 27.7 Å². The number of nitrogens with two attached hydrogens (primary N) is 1. The molecule has 0 spiro atoms. The predicted octanol–water partition coefficient (Wildman–Crippen LogP) is 4.47. The van der Waals surface area contributed by atoms with Gasteiger partial charge in [0.2, 0.25) is 5.88 Å². The molecule has 0 saturated carbocycles. The van der Waals surface area contributed by atoms with Gasteiger partial charge in [-0.15, -0.1) is 0 Å². The first-order chi connectivity index (χ1) is 10.1. The normalized spacial score (nSPS) is 10.8. The van der Waals surface area contributed by atoms with Crippen LogP contribution in [0.1, 0.15) is 0 Å². The maximum atomic E-state index is 14.0. The number of hydrogen-bond acceptors (Lipinski definition) is 3. The molecule has 3 aromatic rings. The number of anilines is 1. The Balaban J connectivity index is 2.19. The molecule has 0 aliphatic carbocycles. The molecule has 0 amide bonds. The SMILES string of the molecule is Nc1onc(-c2ccc(I)cc2)c1-c1ccc(F)cc1F. The molecule has 0 aliphatic rings. The average Bonchev–Trinajstić information content (AvgIpc) is 2.82. The first kappa shape index (κ1) is 14.0. The van der Waals surface area contributed by atoms with Crippen LogP contribution in [0.2, 0.25) is 0 Å². The molecule has 2 N–H and O–H groups in total. The number of aromatic nitrogens is 1. The van der Waals surface area contributed by atoms with Crippen LogP contribution in [0, 0.1) is 15.2 Å². The van der Waals surface area contributed by atoms with Crippen LogP contribution in [-0.2, 0) is 0 Å². The average molecular weight is 398 g/mol. The van der Waals surface area contributed by atoms with Crippen LogP contribution in [0.4, 0.5) is 14.7 Å². The molecular formula is C15H9F2IN2O. The maximum Gasteiger partial charge on any atom is 0.230 e. The number of nitrogens with zero attached hydrogens (tertiary/aromatic N) is 1. The van der Waals surface area contributed by atoms with Crippen LogP contribution in [-0.4, -0.2) is 5.16 Å². The lowest BCUT2D eigenvalue weighted by Crippen LogP contribution is -1.92. The van der Waals surface area contributed by atoms with Crippen molar-refractivity contribution in [2.45, 2.75) is 0 Å². The van der Waals surface area contributed by atoms with E-state index in [9.17, 15) is 8.78 Å². The van der Waals surface area contributed by atoms with E-state index in [1.54, 1.807) is 0 Å². The maximum absolute atomic E-state index is 14.0. The topological polar surface area (TPSA) is 52.0 Å². The lowest BCUT2D eigenvalue weighted by molar-refractivity contribution is 0.439. The van der Waals surface area contributed by atoms with Gasteiger partial charge in [-0.3, -0.25) is 0 Å². The fourth-order valence-corrected chi connectivity index (χ4v) is 2.42. The Bertz CT molecular complexity index is 800. The van der Waals surface area contributed by atoms with Crippen LogP contribution in [0.15, 0.2) is 47.0 Å². The molecule has 2 aromatic carbocycles. The van der Waals surface area contributed by atoms with Crippen molar-refractivity contribution in [1.82, 2.24) is 5.16 Å². The van der Waals surface area contributed by atoms with Crippen molar-refractivity contribution in [2.75, 3.05) is 5.73 Å². The minimum Gasteiger partial charge on any atom is -0.367 e. The van der Waals surface area contributed by atoms with Gasteiger partial charge in [0, 0.05) is 20.8 Å². The van der Waals surface area contributed by atoms with Crippen LogP contribution in [0.3, 0.4) is 0 Å². The van der Waals surface area contributed by atoms with Crippen LogP contribution < -0.4 is 5.73 Å². The monoisotopic (exact) mass is 398 g/mol. The van der Waals surface area contributed by atoms with E-state index in [0.717, 1.165) is 15.2 Å². The molecule has 0 radical (unpaired) electrons. The van der Waals surface area contributed by atoms with Crippen molar-refractivity contribution in [3.8, 4) is 22.4 Å². The molecule has 6 heteroatoms. The molecule has 0 saturated heterocycles. The van der Waals surface area contributed by atoms with Gasteiger partial charge in [0.25, 0.3) is 0 Å². The van der Waals surface area contributed by atoms with Gasteiger partial charge in [0.1, 0.15) is 17.3 Å². The fraction of sp³-hybridized carbons (Fsp3) is 0. The first-order valence-corrected chi connectivity index (χ1v) is 7.10. The van der Waals surface area contributed by atoms with Crippen LogP contribution in [0.5, 0.6) is 0 Å². The molecule has 0 unspecified atom stereocenters. The first-order valence-electron chi connectivity index (χ1n) is 6.03. The van der Waals surface area contributed by atoms with Crippen molar-refractivity contribution in [1.29, 1.82) is 0 Å². The minimum atomic E-state index is -0.711. The molecule has 0 atom stereocenters. The zero-order valence-corrected chi connectivity index (χ0v) is 12.8. The molecule has 3 rings (SSSR count). The van der Waals surface area contributed by atoms with Gasteiger partial charge in [0.05, 0.1) is 5.56 Å². The summed E-state index contributed by atoms with van der Waals surface area (Å²) in [5.41, 5.74) is 7.41. The molecule has 1 heterocycles. The number of benzene rings is 2. The Labute approximate surface area is 132 Å². The van der Waals surface area contributed by atoms with E-state index in [1.807, 2.05) is 24.3 Å². The lowest BCUT2D eigenvalue weighted by atomic mass is 10.0. The van der Waals surface area contributed by atoms with E-state index in [1.165, 1.54) is 12.1 Å². The van der Waals surface area contributed by atoms with Gasteiger partial charge in [-0.25, -0.2) is 8.78 Å². The zero-order valence-electron chi connectivity index (χ0n) is 10.6.